The standard InChI is InChI=1S/C11H21N3O4/c1-11(2,3)7-13(4)10(18)14(5-8(12)15)6-9(16)17/h5-7H2,1-4H3,(H2,12,15)(H,16,17). The number of amides is 3. The summed E-state index contributed by atoms with van der Waals surface area (Å²) in [5, 5.41) is 8.70. The minimum absolute atomic E-state index is 0.119. The van der Waals surface area contributed by atoms with E-state index in [0.29, 0.717) is 6.54 Å². The van der Waals surface area contributed by atoms with Crippen LogP contribution in [-0.4, -0.2) is 59.5 Å². The van der Waals surface area contributed by atoms with Gasteiger partial charge in [-0.1, -0.05) is 20.8 Å². The molecule has 0 atom stereocenters. The van der Waals surface area contributed by atoms with Gasteiger partial charge in [-0.05, 0) is 5.41 Å². The number of carboxylic acid groups (broad SMARTS) is 1. The SMILES string of the molecule is CN(CC(C)(C)C)C(=O)N(CC(N)=O)CC(=O)O. The molecule has 0 radical (unpaired) electrons. The van der Waals surface area contributed by atoms with E-state index in [4.69, 9.17) is 10.8 Å². The first-order chi connectivity index (χ1) is 8.03. The zero-order valence-corrected chi connectivity index (χ0v) is 11.3. The average Bonchev–Trinajstić information content (AvgIpc) is 2.11. The van der Waals surface area contributed by atoms with Crippen molar-refractivity contribution in [3.05, 3.63) is 0 Å². The van der Waals surface area contributed by atoms with E-state index in [2.05, 4.69) is 0 Å². The summed E-state index contributed by atoms with van der Waals surface area (Å²) in [4.78, 5) is 35.7. The molecule has 0 saturated carbocycles. The molecule has 0 spiro atoms. The van der Waals surface area contributed by atoms with Crippen LogP contribution in [0.3, 0.4) is 0 Å². The number of primary amides is 1. The molecule has 0 aliphatic heterocycles. The quantitative estimate of drug-likeness (QED) is 0.722. The van der Waals surface area contributed by atoms with E-state index in [1.54, 1.807) is 7.05 Å². The van der Waals surface area contributed by atoms with Gasteiger partial charge in [-0.15, -0.1) is 0 Å². The number of carbonyl (C=O) groups is 3. The van der Waals surface area contributed by atoms with E-state index in [0.717, 1.165) is 4.90 Å². The molecule has 0 aliphatic rings. The second-order valence-corrected chi connectivity index (χ2v) is 5.42. The second-order valence-electron chi connectivity index (χ2n) is 5.42. The smallest absolute Gasteiger partial charge is 0.323 e. The second kappa shape index (κ2) is 6.23. The summed E-state index contributed by atoms with van der Waals surface area (Å²) in [6, 6.07) is -0.522. The number of urea groups is 1. The third kappa shape index (κ3) is 6.72. The highest BCUT2D eigenvalue weighted by Crippen LogP contribution is 2.15. The summed E-state index contributed by atoms with van der Waals surface area (Å²) < 4.78 is 0. The number of aliphatic carboxylic acids is 1. The minimum Gasteiger partial charge on any atom is -0.480 e. The topological polar surface area (TPSA) is 104 Å². The van der Waals surface area contributed by atoms with Crippen LogP contribution in [0.1, 0.15) is 20.8 Å². The van der Waals surface area contributed by atoms with Crippen molar-refractivity contribution in [2.24, 2.45) is 11.1 Å². The summed E-state index contributed by atoms with van der Waals surface area (Å²) in [5.41, 5.74) is 4.87. The maximum absolute atomic E-state index is 12.0. The Bertz CT molecular complexity index is 320. The van der Waals surface area contributed by atoms with Gasteiger partial charge in [-0.2, -0.15) is 0 Å². The van der Waals surface area contributed by atoms with Gasteiger partial charge in [0.15, 0.2) is 0 Å². The predicted octanol–water partition coefficient (Wildman–Crippen LogP) is -0.0438. The maximum Gasteiger partial charge on any atom is 0.323 e. The summed E-state index contributed by atoms with van der Waals surface area (Å²) in [6.07, 6.45) is 0. The number of hydrogen-bond donors (Lipinski definition) is 2. The largest absolute Gasteiger partial charge is 0.480 e. The lowest BCUT2D eigenvalue weighted by Gasteiger charge is -2.30. The lowest BCUT2D eigenvalue weighted by Crippen LogP contribution is -2.48. The molecule has 0 rings (SSSR count). The van der Waals surface area contributed by atoms with Crippen LogP contribution in [0, 0.1) is 5.41 Å². The Morgan fingerprint density at radius 1 is 1.17 bits per heavy atom. The molecule has 0 aliphatic carbocycles. The Labute approximate surface area is 107 Å². The molecule has 18 heavy (non-hydrogen) atoms. The van der Waals surface area contributed by atoms with Crippen LogP contribution < -0.4 is 5.73 Å². The summed E-state index contributed by atoms with van der Waals surface area (Å²) in [7, 11) is 1.56. The normalized spacial score (nSPS) is 10.9. The number of rotatable bonds is 5. The van der Waals surface area contributed by atoms with Gasteiger partial charge in [0, 0.05) is 13.6 Å². The molecule has 3 amide bonds. The van der Waals surface area contributed by atoms with E-state index in [-0.39, 0.29) is 5.41 Å². The fourth-order valence-electron chi connectivity index (χ4n) is 1.56. The Morgan fingerprint density at radius 3 is 2.00 bits per heavy atom. The minimum atomic E-state index is -1.19. The zero-order valence-electron chi connectivity index (χ0n) is 11.3. The van der Waals surface area contributed by atoms with Crippen molar-refractivity contribution in [1.82, 2.24) is 9.80 Å². The molecule has 0 bridgehead atoms. The highest BCUT2D eigenvalue weighted by atomic mass is 16.4. The van der Waals surface area contributed by atoms with Crippen molar-refractivity contribution in [3.63, 3.8) is 0 Å². The predicted molar refractivity (Wildman–Crippen MR) is 65.9 cm³/mol. The third-order valence-corrected chi connectivity index (χ3v) is 1.98. The Balaban J connectivity index is 4.73. The number of nitrogens with zero attached hydrogens (tertiary/aromatic N) is 2. The summed E-state index contributed by atoms with van der Waals surface area (Å²) in [6.45, 7) is 5.35. The number of hydrogen-bond acceptors (Lipinski definition) is 3. The van der Waals surface area contributed by atoms with E-state index < -0.39 is 31.0 Å². The molecule has 0 aromatic carbocycles. The number of carboxylic acids is 1. The molecule has 0 heterocycles. The van der Waals surface area contributed by atoms with Gasteiger partial charge in [0.2, 0.25) is 5.91 Å². The lowest BCUT2D eigenvalue weighted by atomic mass is 9.96. The Hall–Kier alpha value is -1.79. The average molecular weight is 259 g/mol. The van der Waals surface area contributed by atoms with Crippen molar-refractivity contribution in [3.8, 4) is 0 Å². The van der Waals surface area contributed by atoms with Gasteiger partial charge in [-0.3, -0.25) is 9.59 Å². The van der Waals surface area contributed by atoms with Crippen molar-refractivity contribution in [2.45, 2.75) is 20.8 Å². The van der Waals surface area contributed by atoms with Gasteiger partial charge in [-0.25, -0.2) is 4.79 Å². The Kier molecular flexibility index (Phi) is 5.61. The van der Waals surface area contributed by atoms with Crippen LogP contribution >= 0.6 is 0 Å². The fraction of sp³-hybridized carbons (Fsp3) is 0.727. The molecule has 3 N–H and O–H groups in total. The van der Waals surface area contributed by atoms with Gasteiger partial charge < -0.3 is 20.6 Å². The molecular formula is C11H21N3O4. The van der Waals surface area contributed by atoms with Crippen molar-refractivity contribution in [1.29, 1.82) is 0 Å². The van der Waals surface area contributed by atoms with Crippen LogP contribution in [0.25, 0.3) is 0 Å². The van der Waals surface area contributed by atoms with E-state index >= 15 is 0 Å². The van der Waals surface area contributed by atoms with Crippen LogP contribution in [0.4, 0.5) is 4.79 Å². The third-order valence-electron chi connectivity index (χ3n) is 1.98. The highest BCUT2D eigenvalue weighted by Gasteiger charge is 2.24. The summed E-state index contributed by atoms with van der Waals surface area (Å²) >= 11 is 0. The van der Waals surface area contributed by atoms with Crippen molar-refractivity contribution >= 4 is 17.9 Å². The van der Waals surface area contributed by atoms with Gasteiger partial charge in [0.25, 0.3) is 0 Å². The monoisotopic (exact) mass is 259 g/mol. The first-order valence-electron chi connectivity index (χ1n) is 5.53. The number of carbonyl (C=O) groups excluding carboxylic acids is 2. The summed E-state index contributed by atoms with van der Waals surface area (Å²) in [5.74, 6) is -1.93. The number of nitrogens with two attached hydrogens (primary N) is 1. The molecule has 104 valence electrons. The van der Waals surface area contributed by atoms with Crippen molar-refractivity contribution in [2.75, 3.05) is 26.7 Å². The van der Waals surface area contributed by atoms with E-state index in [1.165, 1.54) is 4.90 Å². The molecule has 0 unspecified atom stereocenters. The molecule has 0 aromatic heterocycles. The Morgan fingerprint density at radius 2 is 1.67 bits per heavy atom. The first-order valence-corrected chi connectivity index (χ1v) is 5.53. The van der Waals surface area contributed by atoms with Crippen LogP contribution in [-0.2, 0) is 9.59 Å². The van der Waals surface area contributed by atoms with Crippen LogP contribution in [0.5, 0.6) is 0 Å². The van der Waals surface area contributed by atoms with Crippen molar-refractivity contribution < 1.29 is 19.5 Å². The molecule has 0 fully saturated rings. The molecule has 0 saturated heterocycles. The molecule has 0 aromatic rings. The van der Waals surface area contributed by atoms with Crippen LogP contribution in [0.15, 0.2) is 0 Å². The molecule has 7 nitrogen and oxygen atoms in total. The lowest BCUT2D eigenvalue weighted by molar-refractivity contribution is -0.138. The highest BCUT2D eigenvalue weighted by molar-refractivity contribution is 5.85. The maximum atomic E-state index is 12.0. The molecule has 7 heteroatoms. The first kappa shape index (κ1) is 16.2. The van der Waals surface area contributed by atoms with Gasteiger partial charge in [0.05, 0.1) is 0 Å². The van der Waals surface area contributed by atoms with Gasteiger partial charge in [0.1, 0.15) is 13.1 Å². The molecular weight excluding hydrogens is 238 g/mol. The van der Waals surface area contributed by atoms with E-state index in [9.17, 15) is 14.4 Å². The fourth-order valence-corrected chi connectivity index (χ4v) is 1.56. The zero-order chi connectivity index (χ0) is 14.5. The van der Waals surface area contributed by atoms with Gasteiger partial charge >= 0.3 is 12.0 Å². The van der Waals surface area contributed by atoms with E-state index in [1.807, 2.05) is 20.8 Å². The van der Waals surface area contributed by atoms with Crippen LogP contribution in [0.2, 0.25) is 0 Å².